The molecule has 0 bridgehead atoms. The van der Waals surface area contributed by atoms with Crippen LogP contribution in [-0.2, 0) is 9.53 Å². The number of ether oxygens (including phenoxy) is 1. The highest BCUT2D eigenvalue weighted by molar-refractivity contribution is 5.93. The minimum Gasteiger partial charge on any atom is -0.378 e. The average Bonchev–Trinajstić information content (AvgIpc) is 3.13. The molecule has 2 aromatic rings. The molecule has 0 amide bonds. The lowest BCUT2D eigenvalue weighted by Crippen LogP contribution is -2.31. The molecule has 0 radical (unpaired) electrons. The summed E-state index contributed by atoms with van der Waals surface area (Å²) in [5.74, 6) is 7.87. The topological polar surface area (TPSA) is 29.5 Å². The van der Waals surface area contributed by atoms with E-state index < -0.39 is 0 Å². The van der Waals surface area contributed by atoms with E-state index in [4.69, 9.17) is 4.74 Å². The van der Waals surface area contributed by atoms with Gasteiger partial charge in [0.15, 0.2) is 5.78 Å². The van der Waals surface area contributed by atoms with Crippen LogP contribution in [0.15, 0.2) is 71.3 Å². The highest BCUT2D eigenvalue weighted by atomic mass is 19.1. The summed E-state index contributed by atoms with van der Waals surface area (Å²) < 4.78 is 21.2. The first-order valence-corrected chi connectivity index (χ1v) is 14.0. The van der Waals surface area contributed by atoms with Gasteiger partial charge in [-0.3, -0.25) is 4.79 Å². The van der Waals surface area contributed by atoms with Gasteiger partial charge in [0.1, 0.15) is 11.9 Å². The summed E-state index contributed by atoms with van der Waals surface area (Å²) >= 11 is 0. The van der Waals surface area contributed by atoms with Gasteiger partial charge in [-0.15, -0.1) is 0 Å². The van der Waals surface area contributed by atoms with Gasteiger partial charge < -0.3 is 9.64 Å². The number of halogens is 1. The Labute approximate surface area is 225 Å². The predicted octanol–water partition coefficient (Wildman–Crippen LogP) is 7.04. The van der Waals surface area contributed by atoms with Crippen molar-refractivity contribution in [2.45, 2.75) is 51.6 Å². The summed E-state index contributed by atoms with van der Waals surface area (Å²) in [5, 5.41) is 0. The monoisotopic (exact) mass is 509 g/mol. The van der Waals surface area contributed by atoms with Crippen LogP contribution in [0.1, 0.15) is 62.7 Å². The first-order chi connectivity index (χ1) is 18.3. The molecule has 1 aliphatic heterocycles. The van der Waals surface area contributed by atoms with E-state index in [1.54, 1.807) is 12.1 Å². The summed E-state index contributed by atoms with van der Waals surface area (Å²) in [6, 6.07) is 15.5. The van der Waals surface area contributed by atoms with Crippen LogP contribution in [-0.4, -0.2) is 26.5 Å². The van der Waals surface area contributed by atoms with Crippen molar-refractivity contribution in [3.63, 3.8) is 0 Å². The molecule has 0 spiro atoms. The van der Waals surface area contributed by atoms with E-state index >= 15 is 0 Å². The zero-order valence-corrected chi connectivity index (χ0v) is 22.6. The third-order valence-corrected chi connectivity index (χ3v) is 9.46. The van der Waals surface area contributed by atoms with Crippen LogP contribution in [0.3, 0.4) is 0 Å². The number of rotatable bonds is 2. The van der Waals surface area contributed by atoms with Gasteiger partial charge in [0.05, 0.1) is 12.2 Å². The third kappa shape index (κ3) is 4.41. The molecule has 1 saturated heterocycles. The Kier molecular flexibility index (Phi) is 6.52. The van der Waals surface area contributed by atoms with E-state index in [1.807, 2.05) is 12.1 Å². The smallest absolute Gasteiger partial charge is 0.156 e. The van der Waals surface area contributed by atoms with Gasteiger partial charge in [0, 0.05) is 37.5 Å². The van der Waals surface area contributed by atoms with Crippen LogP contribution in [0.25, 0.3) is 0 Å². The Bertz CT molecular complexity index is 1380. The number of hydrogen-bond donors (Lipinski definition) is 0. The van der Waals surface area contributed by atoms with Crippen LogP contribution < -0.4 is 4.90 Å². The summed E-state index contributed by atoms with van der Waals surface area (Å²) in [5.41, 5.74) is 6.58. The Hall–Kier alpha value is -3.16. The maximum atomic E-state index is 14.3. The van der Waals surface area contributed by atoms with Crippen molar-refractivity contribution in [1.82, 2.24) is 0 Å². The van der Waals surface area contributed by atoms with Gasteiger partial charge in [-0.1, -0.05) is 36.1 Å². The van der Waals surface area contributed by atoms with E-state index in [-0.39, 0.29) is 29.0 Å². The fourth-order valence-corrected chi connectivity index (χ4v) is 7.36. The highest BCUT2D eigenvalue weighted by Crippen LogP contribution is 2.59. The van der Waals surface area contributed by atoms with Crippen molar-refractivity contribution in [3.05, 3.63) is 88.3 Å². The minimum atomic E-state index is -0.262. The fourth-order valence-electron chi connectivity index (χ4n) is 7.36. The molecule has 3 aliphatic carbocycles. The zero-order chi connectivity index (χ0) is 26.4. The van der Waals surface area contributed by atoms with Crippen LogP contribution in [0.4, 0.5) is 10.1 Å². The maximum Gasteiger partial charge on any atom is 0.156 e. The normalized spacial score (nSPS) is 30.3. The lowest BCUT2D eigenvalue weighted by molar-refractivity contribution is -0.114. The highest BCUT2D eigenvalue weighted by Gasteiger charge is 2.52. The number of carbonyl (C=O) groups excluding carboxylic acids is 1. The van der Waals surface area contributed by atoms with Crippen molar-refractivity contribution in [3.8, 4) is 11.8 Å². The van der Waals surface area contributed by atoms with Gasteiger partial charge in [-0.2, -0.15) is 0 Å². The molecular formula is C34H36FNO2. The van der Waals surface area contributed by atoms with Gasteiger partial charge in [0.2, 0.25) is 0 Å². The molecule has 0 aromatic heterocycles. The Morgan fingerprint density at radius 1 is 1.03 bits per heavy atom. The number of anilines is 1. The standard InChI is InChI=1S/C34H36FNO2/c1-34(18-16-22-6-4-5-7-31(22)35)19-17-28-29-14-10-24-20-26(37)13-15-27(24)32(29)33(38-21-30(28)34)23-8-11-25(12-9-23)36(2)3/h4-9,11-12,20,28-30,33H,10,13-15,17,19,21H2,1-3H3/t28?,29?,30?,33?,34-/m1/s1. The lowest BCUT2D eigenvalue weighted by atomic mass is 9.65. The van der Waals surface area contributed by atoms with Gasteiger partial charge in [-0.05, 0) is 103 Å². The van der Waals surface area contributed by atoms with Gasteiger partial charge in [-0.25, -0.2) is 4.39 Å². The second-order valence-electron chi connectivity index (χ2n) is 11.9. The molecule has 6 rings (SSSR count). The molecule has 2 aromatic carbocycles. The van der Waals surface area contributed by atoms with Gasteiger partial charge >= 0.3 is 0 Å². The molecule has 38 heavy (non-hydrogen) atoms. The number of nitrogens with zero attached hydrogens (tertiary/aromatic N) is 1. The molecule has 0 N–H and O–H groups in total. The lowest BCUT2D eigenvalue weighted by Gasteiger charge is -2.38. The molecule has 2 fully saturated rings. The van der Waals surface area contributed by atoms with Crippen molar-refractivity contribution in [1.29, 1.82) is 0 Å². The molecule has 1 saturated carbocycles. The number of ketones is 1. The number of carbonyl (C=O) groups is 1. The molecule has 5 atom stereocenters. The van der Waals surface area contributed by atoms with E-state index in [0.29, 0.717) is 30.4 Å². The zero-order valence-electron chi connectivity index (χ0n) is 22.6. The number of benzene rings is 2. The van der Waals surface area contributed by atoms with Crippen molar-refractivity contribution in [2.24, 2.45) is 23.2 Å². The van der Waals surface area contributed by atoms with Crippen LogP contribution in [0.5, 0.6) is 0 Å². The molecule has 196 valence electrons. The molecule has 4 heteroatoms. The predicted molar refractivity (Wildman–Crippen MR) is 149 cm³/mol. The SMILES string of the molecule is CN(C)c1ccc(C2OCC3C(CC[C@@]3(C)C#Cc3ccccc3F)C3CCC4=CC(=O)CCC4=C23)cc1. The summed E-state index contributed by atoms with van der Waals surface area (Å²) in [7, 11) is 4.11. The molecule has 4 unspecified atom stereocenters. The van der Waals surface area contributed by atoms with E-state index in [2.05, 4.69) is 62.0 Å². The van der Waals surface area contributed by atoms with Crippen LogP contribution in [0, 0.1) is 40.8 Å². The van der Waals surface area contributed by atoms with E-state index in [0.717, 1.165) is 37.8 Å². The van der Waals surface area contributed by atoms with Crippen molar-refractivity contribution < 1.29 is 13.9 Å². The first-order valence-electron chi connectivity index (χ1n) is 14.0. The first kappa shape index (κ1) is 25.1. The number of fused-ring (bicyclic) bond motifs is 4. The molecule has 1 heterocycles. The van der Waals surface area contributed by atoms with E-state index in [1.165, 1.54) is 28.3 Å². The van der Waals surface area contributed by atoms with Gasteiger partial charge in [0.25, 0.3) is 0 Å². The molecule has 4 aliphatic rings. The quantitative estimate of drug-likeness (QED) is 0.407. The Balaban J connectivity index is 1.41. The van der Waals surface area contributed by atoms with Crippen LogP contribution >= 0.6 is 0 Å². The second kappa shape index (κ2) is 9.86. The minimum absolute atomic E-state index is 0.113. The summed E-state index contributed by atoms with van der Waals surface area (Å²) in [6.07, 6.45) is 7.29. The Morgan fingerprint density at radius 3 is 2.58 bits per heavy atom. The maximum absolute atomic E-state index is 14.3. The number of hydrogen-bond acceptors (Lipinski definition) is 3. The Morgan fingerprint density at radius 2 is 1.82 bits per heavy atom. The fraction of sp³-hybridized carbons (Fsp3) is 0.441. The van der Waals surface area contributed by atoms with Crippen molar-refractivity contribution >= 4 is 11.5 Å². The van der Waals surface area contributed by atoms with E-state index in [9.17, 15) is 9.18 Å². The summed E-state index contributed by atoms with van der Waals surface area (Å²) in [4.78, 5) is 14.4. The van der Waals surface area contributed by atoms with Crippen LogP contribution in [0.2, 0.25) is 0 Å². The second-order valence-corrected chi connectivity index (χ2v) is 11.9. The molecular weight excluding hydrogens is 473 g/mol. The number of allylic oxidation sites excluding steroid dienone is 3. The third-order valence-electron chi connectivity index (χ3n) is 9.46. The largest absolute Gasteiger partial charge is 0.378 e. The average molecular weight is 510 g/mol. The summed E-state index contributed by atoms with van der Waals surface area (Å²) in [6.45, 7) is 2.89. The van der Waals surface area contributed by atoms with Crippen molar-refractivity contribution in [2.75, 3.05) is 25.6 Å². The molecule has 3 nitrogen and oxygen atoms in total.